The van der Waals surface area contributed by atoms with Gasteiger partial charge in [-0.1, -0.05) is 6.42 Å². The summed E-state index contributed by atoms with van der Waals surface area (Å²) >= 11 is 0. The molecule has 2 aliphatic rings. The molecule has 0 saturated heterocycles. The number of nitrogens with two attached hydrogens (primary N) is 1. The maximum atomic E-state index is 12.1. The van der Waals surface area contributed by atoms with Gasteiger partial charge in [-0.25, -0.2) is 4.79 Å². The van der Waals surface area contributed by atoms with Crippen molar-refractivity contribution in [1.82, 2.24) is 9.55 Å². The molecule has 0 spiro atoms. The quantitative estimate of drug-likeness (QED) is 0.585. The van der Waals surface area contributed by atoms with Gasteiger partial charge in [0.25, 0.3) is 5.56 Å². The van der Waals surface area contributed by atoms with Gasteiger partial charge in [0.15, 0.2) is 6.61 Å². The molecule has 8 heteroatoms. The highest BCUT2D eigenvalue weighted by molar-refractivity contribution is 6.01. The Balaban J connectivity index is 1.60. The molecule has 8 nitrogen and oxygen atoms in total. The number of ketones is 1. The SMILES string of the molecule is Cn1c(N)c(C(=O)COC(=O)C[C@H]2C[C@@H]3CC[C@@H]2C3)c(=O)[nH]c1=O. The minimum atomic E-state index is -0.871. The van der Waals surface area contributed by atoms with Crippen molar-refractivity contribution in [3.63, 3.8) is 0 Å². The Bertz CT molecular complexity index is 794. The Hall–Kier alpha value is -2.38. The summed E-state index contributed by atoms with van der Waals surface area (Å²) < 4.78 is 5.99. The topological polar surface area (TPSA) is 124 Å². The molecule has 0 amide bonds. The van der Waals surface area contributed by atoms with Gasteiger partial charge in [0, 0.05) is 13.5 Å². The van der Waals surface area contributed by atoms with E-state index in [1.165, 1.54) is 26.3 Å². The van der Waals surface area contributed by atoms with Gasteiger partial charge in [0.1, 0.15) is 11.4 Å². The molecule has 3 N–H and O–H groups in total. The summed E-state index contributed by atoms with van der Waals surface area (Å²) in [6.45, 7) is -0.550. The van der Waals surface area contributed by atoms with Crippen LogP contribution < -0.4 is 17.0 Å². The predicted octanol–water partition coefficient (Wildman–Crippen LogP) is 0.208. The van der Waals surface area contributed by atoms with E-state index in [0.29, 0.717) is 18.3 Å². The molecule has 1 aromatic heterocycles. The van der Waals surface area contributed by atoms with Crippen LogP contribution in [0.1, 0.15) is 42.5 Å². The van der Waals surface area contributed by atoms with Gasteiger partial charge in [-0.2, -0.15) is 0 Å². The number of esters is 1. The van der Waals surface area contributed by atoms with E-state index < -0.39 is 29.6 Å². The maximum Gasteiger partial charge on any atom is 0.329 e. The number of aromatic amines is 1. The van der Waals surface area contributed by atoms with Gasteiger partial charge in [-0.15, -0.1) is 0 Å². The van der Waals surface area contributed by atoms with E-state index in [1.807, 2.05) is 4.98 Å². The average Bonchev–Trinajstić information content (AvgIpc) is 3.13. The minimum Gasteiger partial charge on any atom is -0.457 e. The molecule has 0 unspecified atom stereocenters. The molecule has 3 atom stereocenters. The fraction of sp³-hybridized carbons (Fsp3) is 0.625. The van der Waals surface area contributed by atoms with Gasteiger partial charge in [0.2, 0.25) is 5.78 Å². The number of Topliss-reactive ketones (excluding diaryl/α,β-unsaturated/α-hetero) is 1. The smallest absolute Gasteiger partial charge is 0.329 e. The molecule has 2 bridgehead atoms. The molecule has 3 rings (SSSR count). The van der Waals surface area contributed by atoms with E-state index in [9.17, 15) is 19.2 Å². The molecular weight excluding hydrogens is 314 g/mol. The Labute approximate surface area is 138 Å². The van der Waals surface area contributed by atoms with E-state index in [2.05, 4.69) is 0 Å². The third-order valence-corrected chi connectivity index (χ3v) is 5.33. The van der Waals surface area contributed by atoms with E-state index >= 15 is 0 Å². The number of rotatable bonds is 5. The van der Waals surface area contributed by atoms with Crippen LogP contribution >= 0.6 is 0 Å². The lowest BCUT2D eigenvalue weighted by Gasteiger charge is -2.20. The summed E-state index contributed by atoms with van der Waals surface area (Å²) in [5.74, 6) is 0.292. The van der Waals surface area contributed by atoms with Crippen LogP contribution in [0.5, 0.6) is 0 Å². The zero-order valence-electron chi connectivity index (χ0n) is 13.5. The van der Waals surface area contributed by atoms with Crippen molar-refractivity contribution in [1.29, 1.82) is 0 Å². The average molecular weight is 335 g/mol. The van der Waals surface area contributed by atoms with Crippen molar-refractivity contribution in [3.05, 3.63) is 26.4 Å². The molecule has 0 aromatic carbocycles. The van der Waals surface area contributed by atoms with E-state index in [-0.39, 0.29) is 11.4 Å². The van der Waals surface area contributed by atoms with E-state index in [4.69, 9.17) is 10.5 Å². The summed E-state index contributed by atoms with van der Waals surface area (Å²) in [7, 11) is 1.34. The van der Waals surface area contributed by atoms with E-state index in [0.717, 1.165) is 16.9 Å². The molecule has 0 aliphatic heterocycles. The molecule has 2 aliphatic carbocycles. The zero-order valence-corrected chi connectivity index (χ0v) is 13.5. The van der Waals surface area contributed by atoms with Crippen LogP contribution in [-0.4, -0.2) is 27.9 Å². The largest absolute Gasteiger partial charge is 0.457 e. The number of aromatic nitrogens is 2. The van der Waals surface area contributed by atoms with Crippen molar-refractivity contribution in [2.45, 2.75) is 32.1 Å². The number of H-pyrrole nitrogens is 1. The number of anilines is 1. The standard InChI is InChI=1S/C16H21N3O5/c1-19-14(17)13(15(22)18-16(19)23)11(20)7-24-12(21)6-10-5-8-2-3-9(10)4-8/h8-10H,2-7,17H2,1H3,(H,18,22,23)/t8-,9-,10-/m1/s1. The molecule has 1 heterocycles. The van der Waals surface area contributed by atoms with Crippen LogP contribution in [0.4, 0.5) is 5.82 Å². The summed E-state index contributed by atoms with van der Waals surface area (Å²) in [6.07, 6.45) is 4.99. The van der Waals surface area contributed by atoms with Crippen LogP contribution in [0.2, 0.25) is 0 Å². The van der Waals surface area contributed by atoms with Crippen LogP contribution in [-0.2, 0) is 16.6 Å². The summed E-state index contributed by atoms with van der Waals surface area (Å²) in [4.78, 5) is 49.2. The van der Waals surface area contributed by atoms with Gasteiger partial charge in [0.05, 0.1) is 0 Å². The predicted molar refractivity (Wildman–Crippen MR) is 85.6 cm³/mol. The number of carbonyl (C=O) groups is 2. The van der Waals surface area contributed by atoms with Gasteiger partial charge < -0.3 is 10.5 Å². The highest BCUT2D eigenvalue weighted by Gasteiger charge is 2.40. The lowest BCUT2D eigenvalue weighted by atomic mass is 9.86. The Morgan fingerprint density at radius 1 is 1.29 bits per heavy atom. The van der Waals surface area contributed by atoms with E-state index in [1.54, 1.807) is 0 Å². The first-order chi connectivity index (χ1) is 11.4. The molecule has 1 aromatic rings. The van der Waals surface area contributed by atoms with Crippen LogP contribution in [0.15, 0.2) is 9.59 Å². The minimum absolute atomic E-state index is 0.238. The molecule has 2 saturated carbocycles. The number of hydrogen-bond acceptors (Lipinski definition) is 6. The molecule has 24 heavy (non-hydrogen) atoms. The second-order valence-electron chi connectivity index (χ2n) is 6.80. The van der Waals surface area contributed by atoms with Crippen molar-refractivity contribution >= 4 is 17.6 Å². The highest BCUT2D eigenvalue weighted by Crippen LogP contribution is 2.49. The molecule has 0 radical (unpaired) electrons. The zero-order chi connectivity index (χ0) is 17.4. The fourth-order valence-corrected chi connectivity index (χ4v) is 4.02. The van der Waals surface area contributed by atoms with Gasteiger partial charge in [-0.05, 0) is 37.0 Å². The van der Waals surface area contributed by atoms with Gasteiger partial charge in [-0.3, -0.25) is 23.9 Å². The third-order valence-electron chi connectivity index (χ3n) is 5.33. The number of hydrogen-bond donors (Lipinski definition) is 2. The third kappa shape index (κ3) is 3.00. The second kappa shape index (κ2) is 6.26. The number of carbonyl (C=O) groups excluding carboxylic acids is 2. The Kier molecular flexibility index (Phi) is 4.29. The van der Waals surface area contributed by atoms with Crippen molar-refractivity contribution in [3.8, 4) is 0 Å². The lowest BCUT2D eigenvalue weighted by molar-refractivity contribution is -0.144. The fourth-order valence-electron chi connectivity index (χ4n) is 4.02. The normalized spacial score (nSPS) is 25.0. The highest BCUT2D eigenvalue weighted by atomic mass is 16.5. The summed E-state index contributed by atoms with van der Waals surface area (Å²) in [5, 5.41) is 0. The molecule has 2 fully saturated rings. The first kappa shape index (κ1) is 16.5. The summed E-state index contributed by atoms with van der Waals surface area (Å²) in [6, 6.07) is 0. The number of nitrogens with one attached hydrogen (secondary N) is 1. The number of ether oxygens (including phenoxy) is 1. The van der Waals surface area contributed by atoms with Crippen molar-refractivity contribution < 1.29 is 14.3 Å². The lowest BCUT2D eigenvalue weighted by Crippen LogP contribution is -2.36. The Morgan fingerprint density at radius 2 is 2.04 bits per heavy atom. The second-order valence-corrected chi connectivity index (χ2v) is 6.80. The number of nitrogen functional groups attached to an aromatic ring is 1. The monoisotopic (exact) mass is 335 g/mol. The first-order valence-corrected chi connectivity index (χ1v) is 8.14. The van der Waals surface area contributed by atoms with Gasteiger partial charge >= 0.3 is 11.7 Å². The van der Waals surface area contributed by atoms with Crippen LogP contribution in [0.3, 0.4) is 0 Å². The van der Waals surface area contributed by atoms with Crippen LogP contribution in [0.25, 0.3) is 0 Å². The van der Waals surface area contributed by atoms with Crippen molar-refractivity contribution in [2.75, 3.05) is 12.3 Å². The summed E-state index contributed by atoms with van der Waals surface area (Å²) in [5.41, 5.74) is 3.71. The number of fused-ring (bicyclic) bond motifs is 2. The Morgan fingerprint density at radius 3 is 2.67 bits per heavy atom. The van der Waals surface area contributed by atoms with Crippen LogP contribution in [0, 0.1) is 17.8 Å². The van der Waals surface area contributed by atoms with Crippen molar-refractivity contribution in [2.24, 2.45) is 24.8 Å². The number of nitrogens with zero attached hydrogens (tertiary/aromatic N) is 1. The maximum absolute atomic E-state index is 12.1. The first-order valence-electron chi connectivity index (χ1n) is 8.14. The molecule has 130 valence electrons. The molecular formula is C16H21N3O5.